The second-order valence-electron chi connectivity index (χ2n) is 5.30. The van der Waals surface area contributed by atoms with E-state index >= 15 is 0 Å². The van der Waals surface area contributed by atoms with Crippen LogP contribution in [0.25, 0.3) is 0 Å². The topological polar surface area (TPSA) is 64.6 Å². The number of halogens is 2. The maximum Gasteiger partial charge on any atom is 0.244 e. The van der Waals surface area contributed by atoms with Crippen molar-refractivity contribution in [2.75, 3.05) is 13.2 Å². The first-order valence-corrected chi connectivity index (χ1v) is 9.48. The Hall–Kier alpha value is -1.47. The molecule has 2 aromatic rings. The van der Waals surface area contributed by atoms with Crippen molar-refractivity contribution in [1.82, 2.24) is 4.72 Å². The van der Waals surface area contributed by atoms with E-state index in [0.29, 0.717) is 24.7 Å². The summed E-state index contributed by atoms with van der Waals surface area (Å²) >= 11 is 12.0. The van der Waals surface area contributed by atoms with Gasteiger partial charge in [-0.2, -0.15) is 0 Å². The van der Waals surface area contributed by atoms with Crippen LogP contribution >= 0.6 is 23.2 Å². The molecule has 0 aromatic heterocycles. The van der Waals surface area contributed by atoms with Crippen LogP contribution in [-0.4, -0.2) is 21.6 Å². The van der Waals surface area contributed by atoms with Crippen molar-refractivity contribution in [2.45, 2.75) is 17.9 Å². The fourth-order valence-electron chi connectivity index (χ4n) is 2.43. The molecule has 0 unspecified atom stereocenters. The molecule has 1 aliphatic rings. The van der Waals surface area contributed by atoms with E-state index in [2.05, 4.69) is 4.72 Å². The van der Waals surface area contributed by atoms with E-state index in [-0.39, 0.29) is 14.9 Å². The average molecular weight is 388 g/mol. The van der Waals surface area contributed by atoms with Crippen LogP contribution in [0.1, 0.15) is 18.5 Å². The van der Waals surface area contributed by atoms with E-state index in [4.69, 9.17) is 32.7 Å². The standard InChI is InChI=1S/C16H15Cl2NO4S/c1-10(11-5-6-14-15(9-11)23-8-7-22-14)19-24(20,21)16-12(17)3-2-4-13(16)18/h2-6,9-10,19H,7-8H2,1H3/t10-/m0/s1. The first-order valence-electron chi connectivity index (χ1n) is 7.24. The lowest BCUT2D eigenvalue weighted by Gasteiger charge is -2.21. The number of hydrogen-bond donors (Lipinski definition) is 1. The second kappa shape index (κ2) is 6.80. The summed E-state index contributed by atoms with van der Waals surface area (Å²) in [6.45, 7) is 2.69. The Morgan fingerprint density at radius 2 is 1.67 bits per heavy atom. The van der Waals surface area contributed by atoms with E-state index in [1.807, 2.05) is 0 Å². The number of ether oxygens (including phenoxy) is 2. The molecule has 0 radical (unpaired) electrons. The van der Waals surface area contributed by atoms with Gasteiger partial charge in [-0.15, -0.1) is 0 Å². The summed E-state index contributed by atoms with van der Waals surface area (Å²) in [5, 5.41) is 0.147. The highest BCUT2D eigenvalue weighted by Crippen LogP contribution is 2.34. The van der Waals surface area contributed by atoms with Gasteiger partial charge in [0, 0.05) is 6.04 Å². The first kappa shape index (κ1) is 17.4. The zero-order valence-electron chi connectivity index (χ0n) is 12.8. The quantitative estimate of drug-likeness (QED) is 0.865. The van der Waals surface area contributed by atoms with Gasteiger partial charge < -0.3 is 9.47 Å². The third-order valence-corrected chi connectivity index (χ3v) is 6.08. The predicted molar refractivity (Wildman–Crippen MR) is 92.6 cm³/mol. The van der Waals surface area contributed by atoms with E-state index in [1.165, 1.54) is 12.1 Å². The maximum atomic E-state index is 12.6. The fraction of sp³-hybridized carbons (Fsp3) is 0.250. The average Bonchev–Trinajstić information content (AvgIpc) is 2.53. The first-order chi connectivity index (χ1) is 11.4. The maximum absolute atomic E-state index is 12.6. The molecule has 0 amide bonds. The summed E-state index contributed by atoms with van der Waals surface area (Å²) < 4.78 is 38.8. The van der Waals surface area contributed by atoms with Crippen LogP contribution in [0.5, 0.6) is 11.5 Å². The van der Waals surface area contributed by atoms with Gasteiger partial charge in [-0.05, 0) is 36.8 Å². The Bertz CT molecular complexity index is 850. The summed E-state index contributed by atoms with van der Waals surface area (Å²) in [5.74, 6) is 1.25. The van der Waals surface area contributed by atoms with Gasteiger partial charge in [0.05, 0.1) is 10.0 Å². The molecule has 5 nitrogen and oxygen atoms in total. The molecule has 2 aromatic carbocycles. The largest absolute Gasteiger partial charge is 0.486 e. The molecule has 0 spiro atoms. The lowest BCUT2D eigenvalue weighted by atomic mass is 10.1. The van der Waals surface area contributed by atoms with Gasteiger partial charge in [0.25, 0.3) is 0 Å². The molecular weight excluding hydrogens is 373 g/mol. The Kier molecular flexibility index (Phi) is 4.92. The van der Waals surface area contributed by atoms with Crippen molar-refractivity contribution in [1.29, 1.82) is 0 Å². The van der Waals surface area contributed by atoms with E-state index in [1.54, 1.807) is 31.2 Å². The highest BCUT2D eigenvalue weighted by molar-refractivity contribution is 7.89. The summed E-state index contributed by atoms with van der Waals surface area (Å²) in [6, 6.07) is 9.36. The molecule has 0 saturated carbocycles. The van der Waals surface area contributed by atoms with Gasteiger partial charge in [0.2, 0.25) is 10.0 Å². The highest BCUT2D eigenvalue weighted by atomic mass is 35.5. The summed E-state index contributed by atoms with van der Waals surface area (Å²) in [5.41, 5.74) is 0.742. The van der Waals surface area contributed by atoms with Crippen LogP contribution in [0.3, 0.4) is 0 Å². The van der Waals surface area contributed by atoms with Gasteiger partial charge in [0.15, 0.2) is 11.5 Å². The Morgan fingerprint density at radius 1 is 1.04 bits per heavy atom. The third kappa shape index (κ3) is 3.47. The van der Waals surface area contributed by atoms with Gasteiger partial charge in [-0.25, -0.2) is 13.1 Å². The smallest absolute Gasteiger partial charge is 0.244 e. The van der Waals surface area contributed by atoms with E-state index < -0.39 is 16.1 Å². The van der Waals surface area contributed by atoms with Crippen molar-refractivity contribution in [3.8, 4) is 11.5 Å². The zero-order valence-corrected chi connectivity index (χ0v) is 15.1. The van der Waals surface area contributed by atoms with Gasteiger partial charge in [-0.1, -0.05) is 35.3 Å². The summed E-state index contributed by atoms with van der Waals surface area (Å²) in [6.07, 6.45) is 0. The second-order valence-corrected chi connectivity index (χ2v) is 7.76. The highest BCUT2D eigenvalue weighted by Gasteiger charge is 2.24. The number of sulfonamides is 1. The minimum absolute atomic E-state index is 0.0735. The van der Waals surface area contributed by atoms with Crippen LogP contribution < -0.4 is 14.2 Å². The molecular formula is C16H15Cl2NO4S. The molecule has 24 heavy (non-hydrogen) atoms. The molecule has 1 heterocycles. The number of nitrogens with one attached hydrogen (secondary N) is 1. The van der Waals surface area contributed by atoms with Crippen molar-refractivity contribution >= 4 is 33.2 Å². The molecule has 0 fully saturated rings. The monoisotopic (exact) mass is 387 g/mol. The van der Waals surface area contributed by atoms with Crippen LogP contribution in [0.4, 0.5) is 0 Å². The molecule has 8 heteroatoms. The molecule has 0 aliphatic carbocycles. The van der Waals surface area contributed by atoms with E-state index in [9.17, 15) is 8.42 Å². The van der Waals surface area contributed by atoms with Crippen molar-refractivity contribution in [3.05, 3.63) is 52.0 Å². The summed E-state index contributed by atoms with van der Waals surface area (Å²) in [4.78, 5) is -0.127. The minimum Gasteiger partial charge on any atom is -0.486 e. The molecule has 0 bridgehead atoms. The zero-order chi connectivity index (χ0) is 17.3. The Balaban J connectivity index is 1.87. The number of rotatable bonds is 4. The van der Waals surface area contributed by atoms with Crippen LogP contribution in [0.2, 0.25) is 10.0 Å². The number of hydrogen-bond acceptors (Lipinski definition) is 4. The van der Waals surface area contributed by atoms with Crippen LogP contribution in [0.15, 0.2) is 41.3 Å². The van der Waals surface area contributed by atoms with Crippen molar-refractivity contribution < 1.29 is 17.9 Å². The van der Waals surface area contributed by atoms with Gasteiger partial charge in [0.1, 0.15) is 18.1 Å². The summed E-state index contributed by atoms with van der Waals surface area (Å²) in [7, 11) is -3.88. The predicted octanol–water partition coefficient (Wildman–Crippen LogP) is 3.80. The van der Waals surface area contributed by atoms with E-state index in [0.717, 1.165) is 5.56 Å². The molecule has 1 N–H and O–H groups in total. The molecule has 1 atom stereocenters. The lowest BCUT2D eigenvalue weighted by molar-refractivity contribution is 0.171. The SMILES string of the molecule is C[C@H](NS(=O)(=O)c1c(Cl)cccc1Cl)c1ccc2c(c1)OCCO2. The van der Waals surface area contributed by atoms with Gasteiger partial charge in [-0.3, -0.25) is 0 Å². The number of benzene rings is 2. The Morgan fingerprint density at radius 3 is 2.33 bits per heavy atom. The lowest BCUT2D eigenvalue weighted by Crippen LogP contribution is -2.27. The molecule has 1 aliphatic heterocycles. The Labute approximate surface area is 150 Å². The fourth-order valence-corrected chi connectivity index (χ4v) is 4.80. The molecule has 3 rings (SSSR count). The molecule has 0 saturated heterocycles. The van der Waals surface area contributed by atoms with Crippen molar-refractivity contribution in [2.24, 2.45) is 0 Å². The van der Waals surface area contributed by atoms with Crippen LogP contribution in [0, 0.1) is 0 Å². The van der Waals surface area contributed by atoms with Gasteiger partial charge >= 0.3 is 0 Å². The molecule has 128 valence electrons. The normalized spacial score (nSPS) is 15.1. The van der Waals surface area contributed by atoms with Crippen LogP contribution in [-0.2, 0) is 10.0 Å². The minimum atomic E-state index is -3.88. The number of fused-ring (bicyclic) bond motifs is 1. The third-order valence-electron chi connectivity index (χ3n) is 3.59. The van der Waals surface area contributed by atoms with Crippen molar-refractivity contribution in [3.63, 3.8) is 0 Å².